The highest BCUT2D eigenvalue weighted by atomic mass is 32.2. The Morgan fingerprint density at radius 1 is 0.952 bits per heavy atom. The largest absolute Gasteiger partial charge is 0.550 e. The zero-order chi connectivity index (χ0) is 30.6. The number of hydrogen-bond acceptors (Lipinski definition) is 7. The number of aromatic nitrogens is 1. The lowest BCUT2D eigenvalue weighted by molar-refractivity contribution is -0.307. The van der Waals surface area contributed by atoms with Crippen molar-refractivity contribution in [1.29, 1.82) is 0 Å². The third-order valence-electron chi connectivity index (χ3n) is 7.25. The molecule has 1 aliphatic rings. The Morgan fingerprint density at radius 3 is 2.02 bits per heavy atom. The van der Waals surface area contributed by atoms with Crippen molar-refractivity contribution in [2.24, 2.45) is 0 Å². The normalized spacial score (nSPS) is 16.1. The molecule has 0 radical (unpaired) electrons. The number of benzene rings is 2. The van der Waals surface area contributed by atoms with Gasteiger partial charge in [-0.15, -0.1) is 0 Å². The van der Waals surface area contributed by atoms with Gasteiger partial charge in [0.1, 0.15) is 16.5 Å². The first-order valence-electron chi connectivity index (χ1n) is 13.8. The fourth-order valence-electron chi connectivity index (χ4n) is 5.37. The highest BCUT2D eigenvalue weighted by Crippen LogP contribution is 2.45. The molecule has 228 valence electrons. The van der Waals surface area contributed by atoms with Gasteiger partial charge < -0.3 is 24.7 Å². The minimum Gasteiger partial charge on any atom is -0.550 e. The number of aliphatic hydroxyl groups excluding tert-OH is 2. The molecular formula is C30H35F2N2O6S2-. The summed E-state index contributed by atoms with van der Waals surface area (Å²) >= 11 is 1.67. The van der Waals surface area contributed by atoms with Crippen LogP contribution in [0, 0.1) is 11.6 Å². The summed E-state index contributed by atoms with van der Waals surface area (Å²) in [4.78, 5) is 11.0. The van der Waals surface area contributed by atoms with Crippen molar-refractivity contribution in [2.45, 2.75) is 62.7 Å². The van der Waals surface area contributed by atoms with Crippen LogP contribution in [-0.2, 0) is 21.4 Å². The van der Waals surface area contributed by atoms with Crippen molar-refractivity contribution in [3.63, 3.8) is 0 Å². The lowest BCUT2D eigenvalue weighted by atomic mass is 10.00. The first kappa shape index (κ1) is 32.2. The Labute approximate surface area is 249 Å². The molecule has 1 saturated heterocycles. The number of carbonyl (C=O) groups excluding carboxylic acids is 1. The Morgan fingerprint density at radius 2 is 1.50 bits per heavy atom. The summed E-state index contributed by atoms with van der Waals surface area (Å²) in [7, 11) is -4.06. The van der Waals surface area contributed by atoms with Crippen LogP contribution in [-0.4, -0.2) is 70.3 Å². The molecule has 0 spiro atoms. The second-order valence-electron chi connectivity index (χ2n) is 10.7. The first-order valence-corrected chi connectivity index (χ1v) is 16.4. The van der Waals surface area contributed by atoms with Gasteiger partial charge in [-0.05, 0) is 66.3 Å². The summed E-state index contributed by atoms with van der Waals surface area (Å²) in [5, 5.41) is 31.6. The molecule has 0 bridgehead atoms. The maximum Gasteiger partial charge on any atom is 0.245 e. The zero-order valence-corrected chi connectivity index (χ0v) is 25.1. The number of carbonyl (C=O) groups is 1. The fourth-order valence-corrected chi connectivity index (χ4v) is 8.51. The molecule has 0 unspecified atom stereocenters. The molecular weight excluding hydrogens is 586 g/mol. The van der Waals surface area contributed by atoms with Gasteiger partial charge in [-0.2, -0.15) is 16.1 Å². The monoisotopic (exact) mass is 621 g/mol. The van der Waals surface area contributed by atoms with Crippen LogP contribution in [0.2, 0.25) is 0 Å². The van der Waals surface area contributed by atoms with E-state index in [1.807, 2.05) is 13.8 Å². The van der Waals surface area contributed by atoms with Crippen molar-refractivity contribution >= 4 is 27.8 Å². The third-order valence-corrected chi connectivity index (χ3v) is 10.2. The number of aliphatic carboxylic acids is 1. The number of aliphatic hydroxyl groups is 2. The number of halogens is 2. The van der Waals surface area contributed by atoms with Crippen LogP contribution < -0.4 is 5.11 Å². The maximum atomic E-state index is 14.4. The SMILES string of the molecule is CC(C)c1c(S(=O)(=O)N2CCSCC2)c(-c2ccc(F)cc2)c(-c2ccc(F)cc2)n1CC[C@@H](O)C[C@@H](O)CC(=O)[O-]. The van der Waals surface area contributed by atoms with Gasteiger partial charge in [0.2, 0.25) is 10.0 Å². The van der Waals surface area contributed by atoms with Crippen LogP contribution in [0.1, 0.15) is 44.7 Å². The zero-order valence-electron chi connectivity index (χ0n) is 23.5. The van der Waals surface area contributed by atoms with E-state index in [0.717, 1.165) is 0 Å². The van der Waals surface area contributed by atoms with Gasteiger partial charge in [0.25, 0.3) is 0 Å². The number of carboxylic acid groups (broad SMARTS) is 1. The quantitative estimate of drug-likeness (QED) is 0.317. The average Bonchev–Trinajstić information content (AvgIpc) is 3.29. The standard InChI is InChI=1S/C30H36F2N2O6S2/c1-19(2)28-30(42(39,40)33-13-15-41-16-14-33)27(20-3-7-22(31)8-4-20)29(21-5-9-23(32)10-6-21)34(28)12-11-24(35)17-25(36)18-26(37)38/h3-10,19,24-25,35-36H,11-18H2,1-2H3,(H,37,38)/p-1/t24-,25-/m1/s1. The Balaban J connectivity index is 1.96. The van der Waals surface area contributed by atoms with E-state index in [1.165, 1.54) is 40.7 Å². The second-order valence-corrected chi connectivity index (χ2v) is 13.8. The lowest BCUT2D eigenvalue weighted by Gasteiger charge is -2.27. The van der Waals surface area contributed by atoms with Crippen LogP contribution >= 0.6 is 11.8 Å². The number of nitrogens with zero attached hydrogens (tertiary/aromatic N) is 2. The van der Waals surface area contributed by atoms with Gasteiger partial charge in [0, 0.05) is 54.8 Å². The van der Waals surface area contributed by atoms with E-state index in [4.69, 9.17) is 0 Å². The molecule has 3 aromatic rings. The Hall–Kier alpha value is -2.77. The molecule has 4 rings (SSSR count). The van der Waals surface area contributed by atoms with Crippen LogP contribution in [0.4, 0.5) is 8.78 Å². The molecule has 2 N–H and O–H groups in total. The van der Waals surface area contributed by atoms with Crippen molar-refractivity contribution in [3.05, 3.63) is 65.9 Å². The van der Waals surface area contributed by atoms with Crippen LogP contribution in [0.25, 0.3) is 22.4 Å². The molecule has 0 aliphatic carbocycles. The summed E-state index contributed by atoms with van der Waals surface area (Å²) in [5.74, 6) is -1.41. The highest BCUT2D eigenvalue weighted by molar-refractivity contribution is 7.99. The molecule has 2 aromatic carbocycles. The predicted molar refractivity (Wildman–Crippen MR) is 156 cm³/mol. The Bertz CT molecular complexity index is 1490. The van der Waals surface area contributed by atoms with E-state index in [-0.39, 0.29) is 30.2 Å². The van der Waals surface area contributed by atoms with Crippen molar-refractivity contribution < 1.29 is 37.3 Å². The van der Waals surface area contributed by atoms with E-state index < -0.39 is 46.3 Å². The number of hydrogen-bond donors (Lipinski definition) is 2. The smallest absolute Gasteiger partial charge is 0.245 e. The summed E-state index contributed by atoms with van der Waals surface area (Å²) in [5.41, 5.74) is 2.30. The van der Waals surface area contributed by atoms with Gasteiger partial charge in [-0.3, -0.25) is 0 Å². The summed E-state index contributed by atoms with van der Waals surface area (Å²) in [6.07, 6.45) is -3.17. The molecule has 0 amide bonds. The van der Waals surface area contributed by atoms with Gasteiger partial charge in [0.15, 0.2) is 0 Å². The van der Waals surface area contributed by atoms with Crippen LogP contribution in [0.3, 0.4) is 0 Å². The maximum absolute atomic E-state index is 14.4. The second kappa shape index (κ2) is 13.7. The molecule has 12 heteroatoms. The molecule has 2 atom stereocenters. The van der Waals surface area contributed by atoms with Gasteiger partial charge in [-0.25, -0.2) is 17.2 Å². The van der Waals surface area contributed by atoms with Crippen LogP contribution in [0.15, 0.2) is 53.4 Å². The predicted octanol–water partition coefficient (Wildman–Crippen LogP) is 3.60. The van der Waals surface area contributed by atoms with E-state index >= 15 is 0 Å². The molecule has 0 saturated carbocycles. The summed E-state index contributed by atoms with van der Waals surface area (Å²) < 4.78 is 60.2. The highest BCUT2D eigenvalue weighted by Gasteiger charge is 2.37. The molecule has 1 fully saturated rings. The molecule has 1 aromatic heterocycles. The van der Waals surface area contributed by atoms with E-state index in [9.17, 15) is 37.3 Å². The molecule has 8 nitrogen and oxygen atoms in total. The van der Waals surface area contributed by atoms with Gasteiger partial charge >= 0.3 is 0 Å². The van der Waals surface area contributed by atoms with Gasteiger partial charge in [0.05, 0.1) is 17.9 Å². The molecule has 2 heterocycles. The van der Waals surface area contributed by atoms with Crippen molar-refractivity contribution in [3.8, 4) is 22.4 Å². The number of sulfonamides is 1. The minimum absolute atomic E-state index is 0.0649. The average molecular weight is 622 g/mol. The minimum atomic E-state index is -4.06. The van der Waals surface area contributed by atoms with E-state index in [0.29, 0.717) is 52.7 Å². The van der Waals surface area contributed by atoms with E-state index in [2.05, 4.69) is 0 Å². The van der Waals surface area contributed by atoms with Crippen LogP contribution in [0.5, 0.6) is 0 Å². The molecule has 1 aliphatic heterocycles. The topological polar surface area (TPSA) is 123 Å². The third kappa shape index (κ3) is 7.23. The van der Waals surface area contributed by atoms with Crippen molar-refractivity contribution in [1.82, 2.24) is 8.87 Å². The van der Waals surface area contributed by atoms with Gasteiger partial charge in [-0.1, -0.05) is 26.0 Å². The van der Waals surface area contributed by atoms with Crippen molar-refractivity contribution in [2.75, 3.05) is 24.6 Å². The Kier molecular flexibility index (Phi) is 10.5. The summed E-state index contributed by atoms with van der Waals surface area (Å²) in [6, 6.07) is 11.2. The molecule has 42 heavy (non-hydrogen) atoms. The number of carboxylic acids is 1. The first-order chi connectivity index (χ1) is 19.9. The summed E-state index contributed by atoms with van der Waals surface area (Å²) in [6.45, 7) is 4.50. The van der Waals surface area contributed by atoms with E-state index in [1.54, 1.807) is 28.5 Å². The fraction of sp³-hybridized carbons (Fsp3) is 0.433. The number of thioether (sulfide) groups is 1. The lowest BCUT2D eigenvalue weighted by Crippen LogP contribution is -2.38. The number of rotatable bonds is 12.